The van der Waals surface area contributed by atoms with Crippen molar-refractivity contribution in [3.8, 4) is 0 Å². The molecular weight excluding hydrogens is 252 g/mol. The lowest BCUT2D eigenvalue weighted by molar-refractivity contribution is -0.207. The molecule has 3 atom stereocenters. The van der Waals surface area contributed by atoms with Crippen molar-refractivity contribution in [3.63, 3.8) is 0 Å². The van der Waals surface area contributed by atoms with Gasteiger partial charge in [-0.1, -0.05) is 12.2 Å². The van der Waals surface area contributed by atoms with Crippen molar-refractivity contribution in [3.05, 3.63) is 12.2 Å². The van der Waals surface area contributed by atoms with Crippen molar-refractivity contribution in [2.75, 3.05) is 6.61 Å². The number of hydrogen-bond donors (Lipinski definition) is 5. The Morgan fingerprint density at radius 2 is 1.94 bits per heavy atom. The number of nitrogens with two attached hydrogens (primary N) is 1. The molecule has 0 aromatic carbocycles. The molecule has 0 saturated heterocycles. The molecule has 0 heterocycles. The van der Waals surface area contributed by atoms with Crippen LogP contribution < -0.4 is 5.73 Å². The van der Waals surface area contributed by atoms with Gasteiger partial charge in [-0.3, -0.25) is 0 Å². The Labute approximate surface area is 102 Å². The van der Waals surface area contributed by atoms with Gasteiger partial charge >= 0.3 is 11.9 Å². The van der Waals surface area contributed by atoms with E-state index in [4.69, 9.17) is 15.9 Å². The molecular formula is C10H17F2NO5. The molecule has 0 rings (SSSR count). The maximum atomic E-state index is 13.7. The zero-order valence-electron chi connectivity index (χ0n) is 9.75. The standard InChI is InChI=1S/C10H17F2NO5/c1-2-3-4-6(15)7(16)10(11,12)9(13,5-14)8(17)18/h2-3,6-7,14-16H,4-5,13H2,1H3,(H,17,18)/b3-2+. The van der Waals surface area contributed by atoms with E-state index in [0.717, 1.165) is 0 Å². The molecule has 6 nitrogen and oxygen atoms in total. The average Bonchev–Trinajstić information content (AvgIpc) is 2.32. The van der Waals surface area contributed by atoms with Crippen LogP contribution in [0.2, 0.25) is 0 Å². The lowest BCUT2D eigenvalue weighted by Crippen LogP contribution is -2.69. The number of allylic oxidation sites excluding steroid dienone is 1. The molecule has 0 spiro atoms. The van der Waals surface area contributed by atoms with E-state index in [1.807, 2.05) is 0 Å². The van der Waals surface area contributed by atoms with Crippen LogP contribution in [-0.4, -0.2) is 56.7 Å². The maximum absolute atomic E-state index is 13.7. The van der Waals surface area contributed by atoms with Gasteiger partial charge in [0, 0.05) is 0 Å². The molecule has 0 aliphatic carbocycles. The highest BCUT2D eigenvalue weighted by molar-refractivity contribution is 5.80. The molecule has 18 heavy (non-hydrogen) atoms. The fourth-order valence-corrected chi connectivity index (χ4v) is 1.23. The maximum Gasteiger partial charge on any atom is 0.332 e. The summed E-state index contributed by atoms with van der Waals surface area (Å²) in [6, 6.07) is 0. The van der Waals surface area contributed by atoms with Gasteiger partial charge in [0.15, 0.2) is 0 Å². The fraction of sp³-hybridized carbons (Fsp3) is 0.700. The van der Waals surface area contributed by atoms with Crippen molar-refractivity contribution in [1.29, 1.82) is 0 Å². The van der Waals surface area contributed by atoms with Crippen molar-refractivity contribution in [2.45, 2.75) is 37.0 Å². The minimum atomic E-state index is -4.39. The summed E-state index contributed by atoms with van der Waals surface area (Å²) in [5.74, 6) is -6.57. The number of carboxylic acid groups (broad SMARTS) is 1. The van der Waals surface area contributed by atoms with E-state index in [0.29, 0.717) is 0 Å². The minimum absolute atomic E-state index is 0.297. The number of aliphatic hydroxyl groups excluding tert-OH is 3. The number of carboxylic acids is 1. The summed E-state index contributed by atoms with van der Waals surface area (Å²) >= 11 is 0. The lowest BCUT2D eigenvalue weighted by Gasteiger charge is -2.36. The quantitative estimate of drug-likeness (QED) is 0.381. The van der Waals surface area contributed by atoms with Crippen molar-refractivity contribution < 1.29 is 34.0 Å². The van der Waals surface area contributed by atoms with Crippen LogP contribution in [0.15, 0.2) is 12.2 Å². The van der Waals surface area contributed by atoms with Crippen LogP contribution in [0.5, 0.6) is 0 Å². The topological polar surface area (TPSA) is 124 Å². The van der Waals surface area contributed by atoms with Crippen molar-refractivity contribution >= 4 is 5.97 Å². The summed E-state index contributed by atoms with van der Waals surface area (Å²) < 4.78 is 27.4. The second-order valence-corrected chi connectivity index (χ2v) is 3.87. The SMILES string of the molecule is C/C=C/CC(O)C(O)C(F)(F)C(N)(CO)C(=O)O. The highest BCUT2D eigenvalue weighted by atomic mass is 19.3. The third-order valence-corrected chi connectivity index (χ3v) is 2.58. The van der Waals surface area contributed by atoms with Crippen LogP contribution in [-0.2, 0) is 4.79 Å². The van der Waals surface area contributed by atoms with Crippen LogP contribution in [0, 0.1) is 0 Å². The summed E-state index contributed by atoms with van der Waals surface area (Å²) in [5, 5.41) is 35.9. The van der Waals surface area contributed by atoms with Gasteiger partial charge in [0.25, 0.3) is 0 Å². The third-order valence-electron chi connectivity index (χ3n) is 2.58. The molecule has 8 heteroatoms. The van der Waals surface area contributed by atoms with Gasteiger partial charge in [0.05, 0.1) is 12.7 Å². The summed E-state index contributed by atoms with van der Waals surface area (Å²) in [6.45, 7) is -0.00181. The molecule has 3 unspecified atom stereocenters. The zero-order valence-corrected chi connectivity index (χ0v) is 9.75. The summed E-state index contributed by atoms with van der Waals surface area (Å²) in [5.41, 5.74) is 1.54. The molecule has 0 aromatic rings. The minimum Gasteiger partial charge on any atom is -0.480 e. The Morgan fingerprint density at radius 3 is 2.28 bits per heavy atom. The van der Waals surface area contributed by atoms with Crippen molar-refractivity contribution in [2.24, 2.45) is 5.73 Å². The normalized spacial score (nSPS) is 19.5. The van der Waals surface area contributed by atoms with E-state index in [9.17, 15) is 23.8 Å². The van der Waals surface area contributed by atoms with Crippen LogP contribution >= 0.6 is 0 Å². The third kappa shape index (κ3) is 3.02. The molecule has 0 saturated carbocycles. The highest BCUT2D eigenvalue weighted by Gasteiger charge is 2.62. The molecule has 0 amide bonds. The van der Waals surface area contributed by atoms with Gasteiger partial charge in [0.1, 0.15) is 6.10 Å². The summed E-state index contributed by atoms with van der Waals surface area (Å²) in [7, 11) is 0. The van der Waals surface area contributed by atoms with E-state index in [2.05, 4.69) is 0 Å². The van der Waals surface area contributed by atoms with E-state index in [1.54, 1.807) is 6.92 Å². The number of rotatable bonds is 7. The number of carbonyl (C=O) groups is 1. The van der Waals surface area contributed by atoms with Crippen LogP contribution in [0.3, 0.4) is 0 Å². The summed E-state index contributed by atoms with van der Waals surface area (Å²) in [4.78, 5) is 10.7. The Hall–Kier alpha value is -1.09. The van der Waals surface area contributed by atoms with Gasteiger partial charge in [-0.05, 0) is 13.3 Å². The highest BCUT2D eigenvalue weighted by Crippen LogP contribution is 2.33. The number of aliphatic carboxylic acids is 1. The Morgan fingerprint density at radius 1 is 1.44 bits per heavy atom. The second-order valence-electron chi connectivity index (χ2n) is 3.87. The molecule has 0 fully saturated rings. The van der Waals surface area contributed by atoms with Gasteiger partial charge in [-0.15, -0.1) is 0 Å². The molecule has 0 bridgehead atoms. The number of alkyl halides is 2. The lowest BCUT2D eigenvalue weighted by atomic mass is 9.86. The first kappa shape index (κ1) is 16.9. The van der Waals surface area contributed by atoms with Crippen molar-refractivity contribution in [1.82, 2.24) is 0 Å². The predicted octanol–water partition coefficient (Wildman–Crippen LogP) is -0.916. The first-order valence-corrected chi connectivity index (χ1v) is 5.13. The molecule has 0 aliphatic heterocycles. The van der Waals surface area contributed by atoms with Gasteiger partial charge in [0.2, 0.25) is 5.54 Å². The van der Waals surface area contributed by atoms with E-state index < -0.39 is 36.2 Å². The molecule has 0 radical (unpaired) electrons. The first-order valence-electron chi connectivity index (χ1n) is 5.13. The Kier molecular flexibility index (Phi) is 5.81. The molecule has 0 aliphatic rings. The Bertz CT molecular complexity index is 323. The van der Waals surface area contributed by atoms with Crippen LogP contribution in [0.4, 0.5) is 8.78 Å². The smallest absolute Gasteiger partial charge is 0.332 e. The van der Waals surface area contributed by atoms with E-state index in [1.165, 1.54) is 12.2 Å². The first-order chi connectivity index (χ1) is 8.15. The van der Waals surface area contributed by atoms with Gasteiger partial charge in [-0.2, -0.15) is 0 Å². The Balaban J connectivity index is 5.16. The monoisotopic (exact) mass is 269 g/mol. The largest absolute Gasteiger partial charge is 0.480 e. The molecule has 6 N–H and O–H groups in total. The van der Waals surface area contributed by atoms with Gasteiger partial charge in [-0.25, -0.2) is 13.6 Å². The zero-order chi connectivity index (χ0) is 14.6. The number of aliphatic hydroxyl groups is 3. The van der Waals surface area contributed by atoms with E-state index >= 15 is 0 Å². The van der Waals surface area contributed by atoms with E-state index in [-0.39, 0.29) is 6.42 Å². The molecule has 106 valence electrons. The number of hydrogen-bond acceptors (Lipinski definition) is 5. The van der Waals surface area contributed by atoms with Crippen LogP contribution in [0.1, 0.15) is 13.3 Å². The summed E-state index contributed by atoms with van der Waals surface area (Å²) in [6.07, 6.45) is -2.12. The second kappa shape index (κ2) is 6.19. The van der Waals surface area contributed by atoms with Crippen LogP contribution in [0.25, 0.3) is 0 Å². The fourth-order valence-electron chi connectivity index (χ4n) is 1.23. The number of halogens is 2. The average molecular weight is 269 g/mol. The predicted molar refractivity (Wildman–Crippen MR) is 58.0 cm³/mol. The molecule has 0 aromatic heterocycles. The van der Waals surface area contributed by atoms with Gasteiger partial charge < -0.3 is 26.2 Å².